The topological polar surface area (TPSA) is 154 Å². The molecule has 5 aromatic carbocycles. The summed E-state index contributed by atoms with van der Waals surface area (Å²) in [5, 5.41) is 13.4. The zero-order valence-corrected chi connectivity index (χ0v) is 33.3. The van der Waals surface area contributed by atoms with E-state index >= 15 is 4.79 Å². The van der Waals surface area contributed by atoms with Gasteiger partial charge in [-0.3, -0.25) is 19.3 Å². The highest BCUT2D eigenvalue weighted by Gasteiger charge is 2.48. The monoisotopic (exact) mass is 807 g/mol. The van der Waals surface area contributed by atoms with Gasteiger partial charge in [-0.1, -0.05) is 84.9 Å². The molecule has 12 heteroatoms. The number of para-hydroxylation sites is 1. The van der Waals surface area contributed by atoms with Crippen molar-refractivity contribution >= 4 is 40.3 Å². The summed E-state index contributed by atoms with van der Waals surface area (Å²) in [6.45, 7) is 1.84. The molecule has 0 aliphatic carbocycles. The smallest absolute Gasteiger partial charge is 0.339 e. The molecule has 0 saturated heterocycles. The van der Waals surface area contributed by atoms with Gasteiger partial charge in [-0.25, -0.2) is 9.78 Å². The number of hydrogen-bond donors (Lipinski definition) is 2. The van der Waals surface area contributed by atoms with E-state index in [1.165, 1.54) is 4.90 Å². The van der Waals surface area contributed by atoms with Crippen molar-refractivity contribution in [1.82, 2.24) is 10.3 Å². The molecule has 306 valence electrons. The van der Waals surface area contributed by atoms with Gasteiger partial charge >= 0.3 is 11.9 Å². The molecule has 6 aromatic rings. The Hall–Kier alpha value is -7.05. The van der Waals surface area contributed by atoms with Gasteiger partial charge in [0.25, 0.3) is 5.91 Å². The number of fused-ring (bicyclic) bond motifs is 2. The van der Waals surface area contributed by atoms with Gasteiger partial charge in [0, 0.05) is 24.0 Å². The number of nitrogens with zero attached hydrogens (tertiary/aromatic N) is 2. The number of aliphatic hydroxyl groups is 1. The fraction of sp³-hybridized carbons (Fsp3) is 0.229. The van der Waals surface area contributed by atoms with Gasteiger partial charge in [0.15, 0.2) is 0 Å². The number of methoxy groups -OCH3 is 1. The van der Waals surface area contributed by atoms with Crippen molar-refractivity contribution in [3.05, 3.63) is 156 Å². The van der Waals surface area contributed by atoms with Crippen LogP contribution >= 0.6 is 0 Å². The molecule has 0 saturated carbocycles. The van der Waals surface area contributed by atoms with E-state index < -0.39 is 48.4 Å². The summed E-state index contributed by atoms with van der Waals surface area (Å²) in [5.41, 5.74) is 3.71. The Balaban J connectivity index is 1.39. The van der Waals surface area contributed by atoms with Crippen molar-refractivity contribution in [3.8, 4) is 22.6 Å². The number of anilines is 1. The Morgan fingerprint density at radius 3 is 2.32 bits per heavy atom. The summed E-state index contributed by atoms with van der Waals surface area (Å²) in [5.74, 6) is -1.36. The van der Waals surface area contributed by atoms with Gasteiger partial charge in [-0.2, -0.15) is 0 Å². The molecule has 0 radical (unpaired) electrons. The first kappa shape index (κ1) is 41.1. The number of nitrogens with one attached hydrogen (secondary N) is 1. The van der Waals surface area contributed by atoms with Gasteiger partial charge in [-0.05, 0) is 72.1 Å². The summed E-state index contributed by atoms with van der Waals surface area (Å²) in [6, 6.07) is 36.9. The Kier molecular flexibility index (Phi) is 13.1. The van der Waals surface area contributed by atoms with Crippen LogP contribution in [-0.2, 0) is 25.5 Å². The van der Waals surface area contributed by atoms with Gasteiger partial charge in [0.2, 0.25) is 5.91 Å². The second-order valence-corrected chi connectivity index (χ2v) is 14.1. The third kappa shape index (κ3) is 9.29. The number of amides is 2. The fourth-order valence-electron chi connectivity index (χ4n) is 7.41. The minimum atomic E-state index is -1.35. The van der Waals surface area contributed by atoms with Crippen LogP contribution in [-0.4, -0.2) is 72.9 Å². The van der Waals surface area contributed by atoms with E-state index in [9.17, 15) is 19.5 Å². The first-order chi connectivity index (χ1) is 29.3. The standard InChI is InChI=1S/C48H45N3O9/c1-3-58-44(54)30-42-46(60-48(56)37-16-9-8-15-36(37)32-12-5-4-6-13-32)45(50-43(53)28-31-18-21-34(57-2)22-19-31)38-29-35(59-27-11-26-52)23-25-41(38)51(42)47(55)40-24-20-33-14-7-10-17-39(33)49-40/h4-10,12-25,29,42,45-46,52H,3,11,26-28,30H2,1-2H3,(H,50,53)/t42-,45-,46-/m0/s1. The maximum atomic E-state index is 15.0. The van der Waals surface area contributed by atoms with E-state index in [1.54, 1.807) is 86.8 Å². The maximum Gasteiger partial charge on any atom is 0.339 e. The molecule has 1 aliphatic rings. The molecule has 60 heavy (non-hydrogen) atoms. The number of ether oxygens (including phenoxy) is 4. The van der Waals surface area contributed by atoms with Gasteiger partial charge in [0.05, 0.1) is 62.0 Å². The minimum absolute atomic E-state index is 0.0494. The molecule has 0 fully saturated rings. The molecule has 2 N–H and O–H groups in total. The highest BCUT2D eigenvalue weighted by atomic mass is 16.6. The molecule has 0 spiro atoms. The lowest BCUT2D eigenvalue weighted by atomic mass is 9.85. The highest BCUT2D eigenvalue weighted by molar-refractivity contribution is 6.08. The van der Waals surface area contributed by atoms with Crippen LogP contribution in [0.3, 0.4) is 0 Å². The normalized spacial score (nSPS) is 15.7. The van der Waals surface area contributed by atoms with Crippen LogP contribution in [0.5, 0.6) is 11.5 Å². The van der Waals surface area contributed by atoms with E-state index in [1.807, 2.05) is 60.7 Å². The predicted octanol–water partition coefficient (Wildman–Crippen LogP) is 7.28. The van der Waals surface area contributed by atoms with Crippen LogP contribution in [0.2, 0.25) is 0 Å². The second-order valence-electron chi connectivity index (χ2n) is 14.1. The molecule has 3 atom stereocenters. The van der Waals surface area contributed by atoms with Crippen LogP contribution in [0.25, 0.3) is 22.0 Å². The number of rotatable bonds is 15. The van der Waals surface area contributed by atoms with E-state index in [4.69, 9.17) is 23.9 Å². The van der Waals surface area contributed by atoms with Crippen molar-refractivity contribution in [2.75, 3.05) is 31.8 Å². The van der Waals surface area contributed by atoms with Crippen LogP contribution in [0.1, 0.15) is 57.8 Å². The highest BCUT2D eigenvalue weighted by Crippen LogP contribution is 2.43. The van der Waals surface area contributed by atoms with Crippen LogP contribution in [0, 0.1) is 0 Å². The van der Waals surface area contributed by atoms with E-state index in [-0.39, 0.29) is 37.5 Å². The van der Waals surface area contributed by atoms with Crippen molar-refractivity contribution in [2.45, 2.75) is 44.4 Å². The summed E-state index contributed by atoms with van der Waals surface area (Å²) in [7, 11) is 1.56. The summed E-state index contributed by atoms with van der Waals surface area (Å²) in [4.78, 5) is 63.6. The first-order valence-electron chi connectivity index (χ1n) is 19.8. The predicted molar refractivity (Wildman–Crippen MR) is 226 cm³/mol. The third-order valence-corrected chi connectivity index (χ3v) is 10.2. The Bertz CT molecular complexity index is 2470. The first-order valence-corrected chi connectivity index (χ1v) is 19.8. The Morgan fingerprint density at radius 2 is 1.55 bits per heavy atom. The van der Waals surface area contributed by atoms with E-state index in [2.05, 4.69) is 5.32 Å². The van der Waals surface area contributed by atoms with Crippen molar-refractivity contribution in [1.29, 1.82) is 0 Å². The number of aliphatic hydroxyl groups excluding tert-OH is 1. The fourth-order valence-corrected chi connectivity index (χ4v) is 7.41. The second kappa shape index (κ2) is 19.1. The van der Waals surface area contributed by atoms with Gasteiger partial charge in [0.1, 0.15) is 23.3 Å². The number of carbonyl (C=O) groups excluding carboxylic acids is 4. The zero-order chi connectivity index (χ0) is 42.0. The van der Waals surface area contributed by atoms with Gasteiger partial charge in [-0.15, -0.1) is 0 Å². The summed E-state index contributed by atoms with van der Waals surface area (Å²) < 4.78 is 23.3. The number of benzene rings is 5. The molecule has 2 amide bonds. The average molecular weight is 808 g/mol. The molecule has 1 aliphatic heterocycles. The van der Waals surface area contributed by atoms with Crippen molar-refractivity contribution in [3.63, 3.8) is 0 Å². The number of pyridine rings is 1. The Morgan fingerprint density at radius 1 is 0.817 bits per heavy atom. The van der Waals surface area contributed by atoms with E-state index in [0.29, 0.717) is 45.8 Å². The molecule has 7 rings (SSSR count). The molecule has 0 bridgehead atoms. The molecule has 12 nitrogen and oxygen atoms in total. The summed E-state index contributed by atoms with van der Waals surface area (Å²) in [6.07, 6.45) is -1.44. The SMILES string of the molecule is CCOC(=O)C[C@H]1[C@H](OC(=O)c2ccccc2-c2ccccc2)[C@@H](NC(=O)Cc2ccc(OC)cc2)c2cc(OCCCO)ccc2N1C(=O)c1ccc2ccccc2n1. The summed E-state index contributed by atoms with van der Waals surface area (Å²) >= 11 is 0. The van der Waals surface area contributed by atoms with Crippen molar-refractivity contribution < 1.29 is 43.2 Å². The van der Waals surface area contributed by atoms with Crippen LogP contribution in [0.15, 0.2) is 133 Å². The number of esters is 2. The lowest BCUT2D eigenvalue weighted by Crippen LogP contribution is -2.58. The molecular weight excluding hydrogens is 763 g/mol. The number of hydrogen-bond acceptors (Lipinski definition) is 10. The quantitative estimate of drug-likeness (QED) is 0.0800. The molecule has 1 aromatic heterocycles. The lowest BCUT2D eigenvalue weighted by Gasteiger charge is -2.45. The minimum Gasteiger partial charge on any atom is -0.497 e. The zero-order valence-electron chi connectivity index (χ0n) is 33.3. The van der Waals surface area contributed by atoms with Crippen LogP contribution < -0.4 is 19.7 Å². The maximum absolute atomic E-state index is 15.0. The lowest BCUT2D eigenvalue weighted by molar-refractivity contribution is -0.144. The average Bonchev–Trinajstić information content (AvgIpc) is 3.28. The van der Waals surface area contributed by atoms with Crippen LogP contribution in [0.4, 0.5) is 5.69 Å². The van der Waals surface area contributed by atoms with Gasteiger partial charge < -0.3 is 29.4 Å². The largest absolute Gasteiger partial charge is 0.497 e. The third-order valence-electron chi connectivity index (χ3n) is 10.2. The molecular formula is C48H45N3O9. The molecule has 2 heterocycles. The van der Waals surface area contributed by atoms with E-state index in [0.717, 1.165) is 10.9 Å². The number of aromatic nitrogens is 1. The van der Waals surface area contributed by atoms with Crippen molar-refractivity contribution in [2.24, 2.45) is 0 Å². The number of carbonyl (C=O) groups is 4. The Labute approximate surface area is 347 Å². The molecule has 0 unspecified atom stereocenters.